The summed E-state index contributed by atoms with van der Waals surface area (Å²) in [6.45, 7) is 2.02. The zero-order valence-electron chi connectivity index (χ0n) is 10.7. The predicted molar refractivity (Wildman–Crippen MR) is 76.3 cm³/mol. The smallest absolute Gasteiger partial charge is 0.259 e. The zero-order chi connectivity index (χ0) is 14.1. The number of aromatic nitrogens is 1. The number of hydrogen-bond donors (Lipinski definition) is 1. The Kier molecular flexibility index (Phi) is 3.46. The Morgan fingerprint density at radius 1 is 1.30 bits per heavy atom. The minimum absolute atomic E-state index is 0.140. The highest BCUT2D eigenvalue weighted by molar-refractivity contribution is 6.35. The Bertz CT molecular complexity index is 720. The molecule has 2 aromatic rings. The zero-order valence-corrected chi connectivity index (χ0v) is 11.4. The lowest BCUT2D eigenvalue weighted by Crippen LogP contribution is -2.42. The van der Waals surface area contributed by atoms with E-state index in [4.69, 9.17) is 16.3 Å². The molecule has 1 aromatic carbocycles. The van der Waals surface area contributed by atoms with Gasteiger partial charge in [0.25, 0.3) is 5.91 Å². The van der Waals surface area contributed by atoms with Crippen molar-refractivity contribution in [3.63, 3.8) is 0 Å². The molecule has 3 rings (SSSR count). The van der Waals surface area contributed by atoms with Crippen molar-refractivity contribution in [2.75, 3.05) is 26.3 Å². The van der Waals surface area contributed by atoms with E-state index in [0.717, 1.165) is 0 Å². The van der Waals surface area contributed by atoms with Crippen molar-refractivity contribution in [2.24, 2.45) is 0 Å². The van der Waals surface area contributed by atoms with E-state index >= 15 is 0 Å². The van der Waals surface area contributed by atoms with Gasteiger partial charge in [-0.05, 0) is 12.1 Å². The van der Waals surface area contributed by atoms with Crippen LogP contribution in [0.25, 0.3) is 10.9 Å². The van der Waals surface area contributed by atoms with Gasteiger partial charge in [0.2, 0.25) is 5.43 Å². The van der Waals surface area contributed by atoms with Crippen LogP contribution in [0.3, 0.4) is 0 Å². The van der Waals surface area contributed by atoms with Gasteiger partial charge in [0.1, 0.15) is 5.56 Å². The summed E-state index contributed by atoms with van der Waals surface area (Å²) in [6.07, 6.45) is 1.44. The fraction of sp³-hybridized carbons (Fsp3) is 0.286. The van der Waals surface area contributed by atoms with E-state index in [9.17, 15) is 9.59 Å². The average molecular weight is 293 g/mol. The van der Waals surface area contributed by atoms with Gasteiger partial charge in [-0.25, -0.2) is 0 Å². The number of halogens is 1. The number of fused-ring (bicyclic) bond motifs is 1. The Morgan fingerprint density at radius 3 is 2.80 bits per heavy atom. The van der Waals surface area contributed by atoms with Gasteiger partial charge in [-0.1, -0.05) is 17.7 Å². The number of amides is 1. The summed E-state index contributed by atoms with van der Waals surface area (Å²) in [7, 11) is 0. The molecular formula is C14H13ClN2O3. The largest absolute Gasteiger partial charge is 0.378 e. The Labute approximate surface area is 120 Å². The van der Waals surface area contributed by atoms with E-state index in [0.29, 0.717) is 42.2 Å². The molecular weight excluding hydrogens is 280 g/mol. The maximum atomic E-state index is 12.4. The van der Waals surface area contributed by atoms with Crippen LogP contribution in [0, 0.1) is 0 Å². The molecule has 0 unspecified atom stereocenters. The fourth-order valence-corrected chi connectivity index (χ4v) is 2.54. The lowest BCUT2D eigenvalue weighted by Gasteiger charge is -2.26. The molecule has 1 saturated heterocycles. The van der Waals surface area contributed by atoms with Gasteiger partial charge in [-0.3, -0.25) is 9.59 Å². The first-order chi connectivity index (χ1) is 9.68. The lowest BCUT2D eigenvalue weighted by molar-refractivity contribution is 0.0302. The summed E-state index contributed by atoms with van der Waals surface area (Å²) in [5.41, 5.74) is 0.400. The number of nitrogens with zero attached hydrogens (tertiary/aromatic N) is 1. The highest BCUT2D eigenvalue weighted by Crippen LogP contribution is 2.19. The minimum atomic E-state index is -0.294. The van der Waals surface area contributed by atoms with Gasteiger partial charge in [0, 0.05) is 24.7 Å². The van der Waals surface area contributed by atoms with E-state index in [1.54, 1.807) is 23.1 Å². The topological polar surface area (TPSA) is 62.4 Å². The number of hydrogen-bond acceptors (Lipinski definition) is 3. The highest BCUT2D eigenvalue weighted by atomic mass is 35.5. The van der Waals surface area contributed by atoms with Crippen molar-refractivity contribution in [3.05, 3.63) is 45.2 Å². The maximum absolute atomic E-state index is 12.4. The molecule has 1 aromatic heterocycles. The number of pyridine rings is 1. The lowest BCUT2D eigenvalue weighted by atomic mass is 10.1. The summed E-state index contributed by atoms with van der Waals surface area (Å²) in [5.74, 6) is -0.267. The second-order valence-electron chi connectivity index (χ2n) is 4.60. The summed E-state index contributed by atoms with van der Waals surface area (Å²) >= 11 is 6.03. The third-order valence-corrected chi connectivity index (χ3v) is 3.71. The van der Waals surface area contributed by atoms with Gasteiger partial charge in [0.05, 0.1) is 23.8 Å². The molecule has 0 spiro atoms. The second kappa shape index (κ2) is 5.26. The third kappa shape index (κ3) is 2.19. The van der Waals surface area contributed by atoms with E-state index in [2.05, 4.69) is 4.98 Å². The van der Waals surface area contributed by atoms with E-state index < -0.39 is 0 Å². The first kappa shape index (κ1) is 13.1. The van der Waals surface area contributed by atoms with Crippen LogP contribution in [0.1, 0.15) is 10.4 Å². The fourth-order valence-electron chi connectivity index (χ4n) is 2.31. The Morgan fingerprint density at radius 2 is 2.05 bits per heavy atom. The summed E-state index contributed by atoms with van der Waals surface area (Å²) in [6, 6.07) is 5.06. The number of nitrogens with one attached hydrogen (secondary N) is 1. The summed E-state index contributed by atoms with van der Waals surface area (Å²) in [5, 5.41) is 0.890. The van der Waals surface area contributed by atoms with Gasteiger partial charge < -0.3 is 14.6 Å². The molecule has 1 aliphatic heterocycles. The SMILES string of the molecule is O=C(c1c[nH]c2c(Cl)cccc2c1=O)N1CCOCC1. The van der Waals surface area contributed by atoms with E-state index in [1.807, 2.05) is 0 Å². The van der Waals surface area contributed by atoms with Crippen molar-refractivity contribution in [2.45, 2.75) is 0 Å². The minimum Gasteiger partial charge on any atom is -0.378 e. The number of benzene rings is 1. The number of carbonyl (C=O) groups excluding carboxylic acids is 1. The molecule has 6 heteroatoms. The number of rotatable bonds is 1. The van der Waals surface area contributed by atoms with Crippen molar-refractivity contribution in [3.8, 4) is 0 Å². The van der Waals surface area contributed by atoms with Gasteiger partial charge >= 0.3 is 0 Å². The molecule has 20 heavy (non-hydrogen) atoms. The molecule has 0 saturated carbocycles. The second-order valence-corrected chi connectivity index (χ2v) is 5.01. The molecule has 1 aliphatic rings. The quantitative estimate of drug-likeness (QED) is 0.869. The van der Waals surface area contributed by atoms with Crippen LogP contribution in [0.2, 0.25) is 5.02 Å². The molecule has 0 aliphatic carbocycles. The van der Waals surface area contributed by atoms with Crippen LogP contribution >= 0.6 is 11.6 Å². The Balaban J connectivity index is 2.06. The van der Waals surface area contributed by atoms with E-state index in [-0.39, 0.29) is 16.9 Å². The van der Waals surface area contributed by atoms with E-state index in [1.165, 1.54) is 6.20 Å². The summed E-state index contributed by atoms with van der Waals surface area (Å²) in [4.78, 5) is 29.3. The first-order valence-electron chi connectivity index (χ1n) is 6.35. The highest BCUT2D eigenvalue weighted by Gasteiger charge is 2.21. The van der Waals surface area contributed by atoms with Crippen LogP contribution in [0.4, 0.5) is 0 Å². The first-order valence-corrected chi connectivity index (χ1v) is 6.73. The predicted octanol–water partition coefficient (Wildman–Crippen LogP) is 1.65. The number of H-pyrrole nitrogens is 1. The van der Waals surface area contributed by atoms with Gasteiger partial charge in [-0.2, -0.15) is 0 Å². The van der Waals surface area contributed by atoms with Gasteiger partial charge in [-0.15, -0.1) is 0 Å². The third-order valence-electron chi connectivity index (χ3n) is 3.39. The maximum Gasteiger partial charge on any atom is 0.259 e. The van der Waals surface area contributed by atoms with Crippen molar-refractivity contribution < 1.29 is 9.53 Å². The molecule has 104 valence electrons. The van der Waals surface area contributed by atoms with Crippen molar-refractivity contribution >= 4 is 28.4 Å². The number of aromatic amines is 1. The number of ether oxygens (including phenoxy) is 1. The average Bonchev–Trinajstić information content (AvgIpc) is 2.49. The van der Waals surface area contributed by atoms with Crippen LogP contribution in [0.5, 0.6) is 0 Å². The molecule has 0 radical (unpaired) electrons. The Hall–Kier alpha value is -1.85. The number of morpholine rings is 1. The van der Waals surface area contributed by atoms with Crippen molar-refractivity contribution in [1.82, 2.24) is 9.88 Å². The summed E-state index contributed by atoms with van der Waals surface area (Å²) < 4.78 is 5.20. The normalized spacial score (nSPS) is 15.6. The molecule has 1 amide bonds. The standard InChI is InChI=1S/C14H13ClN2O3/c15-11-3-1-2-9-12(11)16-8-10(13(9)18)14(19)17-4-6-20-7-5-17/h1-3,8H,4-7H2,(H,16,18). The monoisotopic (exact) mass is 292 g/mol. The molecule has 0 atom stereocenters. The van der Waals surface area contributed by atoms with Gasteiger partial charge in [0.15, 0.2) is 0 Å². The number of para-hydroxylation sites is 1. The number of carbonyl (C=O) groups is 1. The molecule has 1 fully saturated rings. The van der Waals surface area contributed by atoms with Crippen LogP contribution in [-0.4, -0.2) is 42.1 Å². The van der Waals surface area contributed by atoms with Crippen LogP contribution in [-0.2, 0) is 4.74 Å². The van der Waals surface area contributed by atoms with Crippen LogP contribution < -0.4 is 5.43 Å². The van der Waals surface area contributed by atoms with Crippen molar-refractivity contribution in [1.29, 1.82) is 0 Å². The van der Waals surface area contributed by atoms with Crippen LogP contribution in [0.15, 0.2) is 29.2 Å². The molecule has 2 heterocycles. The molecule has 0 bridgehead atoms. The molecule has 5 nitrogen and oxygen atoms in total. The molecule has 1 N–H and O–H groups in total.